The highest BCUT2D eigenvalue weighted by Crippen LogP contribution is 2.24. The number of carbonyl (C=O) groups is 2. The van der Waals surface area contributed by atoms with E-state index in [-0.39, 0.29) is 30.9 Å². The van der Waals surface area contributed by atoms with Crippen LogP contribution < -0.4 is 24.4 Å². The molecule has 1 atom stereocenters. The summed E-state index contributed by atoms with van der Waals surface area (Å²) in [6.45, 7) is 2.82. The standard InChI is InChI=1S/C21H24N2O5/c1-3-27-17-9-7-16(8-10-17)23-13-15(11-21(23)25)22-20(24)14-28-19-6-4-5-18(12-19)26-2/h4-10,12,15H,3,11,13-14H2,1-2H3,(H,22,24)/t15-/m1/s1. The Kier molecular flexibility index (Phi) is 6.37. The summed E-state index contributed by atoms with van der Waals surface area (Å²) in [4.78, 5) is 26.2. The molecule has 1 N–H and O–H groups in total. The zero-order valence-electron chi connectivity index (χ0n) is 16.0. The average Bonchev–Trinajstić information content (AvgIpc) is 3.07. The van der Waals surface area contributed by atoms with Crippen LogP contribution >= 0.6 is 0 Å². The van der Waals surface area contributed by atoms with E-state index in [1.165, 1.54) is 0 Å². The second-order valence-electron chi connectivity index (χ2n) is 6.37. The van der Waals surface area contributed by atoms with Gasteiger partial charge >= 0.3 is 0 Å². The van der Waals surface area contributed by atoms with Gasteiger partial charge in [-0.2, -0.15) is 0 Å². The summed E-state index contributed by atoms with van der Waals surface area (Å²) in [6.07, 6.45) is 0.262. The summed E-state index contributed by atoms with van der Waals surface area (Å²) >= 11 is 0. The summed E-state index contributed by atoms with van der Waals surface area (Å²) in [6, 6.07) is 14.2. The monoisotopic (exact) mass is 384 g/mol. The minimum absolute atomic E-state index is 0.0248. The van der Waals surface area contributed by atoms with Crippen molar-refractivity contribution >= 4 is 17.5 Å². The summed E-state index contributed by atoms with van der Waals surface area (Å²) in [5, 5.41) is 2.86. The third kappa shape index (κ3) is 4.94. The van der Waals surface area contributed by atoms with E-state index >= 15 is 0 Å². The topological polar surface area (TPSA) is 77.1 Å². The van der Waals surface area contributed by atoms with E-state index in [9.17, 15) is 9.59 Å². The molecule has 1 aliphatic heterocycles. The van der Waals surface area contributed by atoms with Gasteiger partial charge in [-0.05, 0) is 43.3 Å². The maximum atomic E-state index is 12.3. The first-order chi connectivity index (χ1) is 13.6. The van der Waals surface area contributed by atoms with Gasteiger partial charge in [0.15, 0.2) is 6.61 Å². The number of benzene rings is 2. The van der Waals surface area contributed by atoms with Crippen molar-refractivity contribution in [1.82, 2.24) is 5.32 Å². The van der Waals surface area contributed by atoms with Gasteiger partial charge in [0.25, 0.3) is 5.91 Å². The fraction of sp³-hybridized carbons (Fsp3) is 0.333. The van der Waals surface area contributed by atoms with Gasteiger partial charge in [0.1, 0.15) is 17.2 Å². The van der Waals surface area contributed by atoms with E-state index in [4.69, 9.17) is 14.2 Å². The second kappa shape index (κ2) is 9.12. The number of amides is 2. The predicted molar refractivity (Wildman–Crippen MR) is 105 cm³/mol. The van der Waals surface area contributed by atoms with Crippen LogP contribution in [0.3, 0.4) is 0 Å². The Balaban J connectivity index is 1.51. The van der Waals surface area contributed by atoms with Gasteiger partial charge in [-0.3, -0.25) is 9.59 Å². The minimum Gasteiger partial charge on any atom is -0.497 e. The van der Waals surface area contributed by atoms with Crippen LogP contribution in [0.2, 0.25) is 0 Å². The fourth-order valence-electron chi connectivity index (χ4n) is 3.05. The lowest BCUT2D eigenvalue weighted by Crippen LogP contribution is -2.39. The van der Waals surface area contributed by atoms with Crippen molar-refractivity contribution in [2.75, 3.05) is 31.8 Å². The maximum absolute atomic E-state index is 12.3. The molecule has 3 rings (SSSR count). The van der Waals surface area contributed by atoms with Gasteiger partial charge in [-0.1, -0.05) is 6.07 Å². The summed E-state index contributed by atoms with van der Waals surface area (Å²) in [5.41, 5.74) is 0.790. The third-order valence-corrected chi connectivity index (χ3v) is 4.36. The molecular formula is C21H24N2O5. The van der Waals surface area contributed by atoms with Crippen molar-refractivity contribution < 1.29 is 23.8 Å². The molecule has 0 spiro atoms. The highest BCUT2D eigenvalue weighted by molar-refractivity contribution is 5.97. The Hall–Kier alpha value is -3.22. The molecule has 28 heavy (non-hydrogen) atoms. The van der Waals surface area contributed by atoms with Crippen LogP contribution in [0.1, 0.15) is 13.3 Å². The van der Waals surface area contributed by atoms with E-state index in [1.807, 2.05) is 31.2 Å². The van der Waals surface area contributed by atoms with Gasteiger partial charge in [0.2, 0.25) is 5.91 Å². The second-order valence-corrected chi connectivity index (χ2v) is 6.37. The molecular weight excluding hydrogens is 360 g/mol. The van der Waals surface area contributed by atoms with Gasteiger partial charge in [-0.25, -0.2) is 0 Å². The molecule has 0 aromatic heterocycles. The molecule has 2 amide bonds. The largest absolute Gasteiger partial charge is 0.497 e. The first-order valence-corrected chi connectivity index (χ1v) is 9.18. The maximum Gasteiger partial charge on any atom is 0.258 e. The Morgan fingerprint density at radius 2 is 1.86 bits per heavy atom. The first kappa shape index (κ1) is 19.5. The van der Waals surface area contributed by atoms with Crippen LogP contribution in [0.4, 0.5) is 5.69 Å². The molecule has 2 aromatic carbocycles. The SMILES string of the molecule is CCOc1ccc(N2C[C@H](NC(=O)COc3cccc(OC)c3)CC2=O)cc1. The van der Waals surface area contributed by atoms with Gasteiger partial charge in [-0.15, -0.1) is 0 Å². The number of hydrogen-bond acceptors (Lipinski definition) is 5. The molecule has 1 saturated heterocycles. The molecule has 0 saturated carbocycles. The van der Waals surface area contributed by atoms with E-state index < -0.39 is 0 Å². The molecule has 0 radical (unpaired) electrons. The molecule has 0 bridgehead atoms. The van der Waals surface area contributed by atoms with Crippen molar-refractivity contribution in [3.63, 3.8) is 0 Å². The lowest BCUT2D eigenvalue weighted by Gasteiger charge is -2.18. The van der Waals surface area contributed by atoms with Crippen LogP contribution in [0.15, 0.2) is 48.5 Å². The molecule has 148 valence electrons. The Morgan fingerprint density at radius 1 is 1.11 bits per heavy atom. The normalized spacial score (nSPS) is 16.0. The average molecular weight is 384 g/mol. The van der Waals surface area contributed by atoms with Crippen LogP contribution in [0.5, 0.6) is 17.2 Å². The molecule has 2 aromatic rings. The van der Waals surface area contributed by atoms with Crippen molar-refractivity contribution in [3.8, 4) is 17.2 Å². The lowest BCUT2D eigenvalue weighted by atomic mass is 10.2. The first-order valence-electron chi connectivity index (χ1n) is 9.18. The minimum atomic E-state index is -0.269. The predicted octanol–water partition coefficient (Wildman–Crippen LogP) is 2.39. The smallest absolute Gasteiger partial charge is 0.258 e. The number of nitrogens with zero attached hydrogens (tertiary/aromatic N) is 1. The molecule has 0 unspecified atom stereocenters. The molecule has 7 nitrogen and oxygen atoms in total. The summed E-state index contributed by atoms with van der Waals surface area (Å²) < 4.78 is 16.0. The van der Waals surface area contributed by atoms with Gasteiger partial charge in [0, 0.05) is 24.7 Å². The number of rotatable bonds is 8. The zero-order chi connectivity index (χ0) is 19.9. The number of hydrogen-bond donors (Lipinski definition) is 1. The summed E-state index contributed by atoms with van der Waals surface area (Å²) in [7, 11) is 1.57. The van der Waals surface area contributed by atoms with E-state index in [0.717, 1.165) is 11.4 Å². The number of ether oxygens (including phenoxy) is 3. The quantitative estimate of drug-likeness (QED) is 0.756. The summed E-state index contributed by atoms with van der Waals surface area (Å²) in [5.74, 6) is 1.67. The van der Waals surface area contributed by atoms with Crippen molar-refractivity contribution in [2.45, 2.75) is 19.4 Å². The van der Waals surface area contributed by atoms with E-state index in [1.54, 1.807) is 36.3 Å². The number of methoxy groups -OCH3 is 1. The molecule has 1 fully saturated rings. The lowest BCUT2D eigenvalue weighted by molar-refractivity contribution is -0.123. The Labute approximate surface area is 164 Å². The van der Waals surface area contributed by atoms with Crippen LogP contribution in [-0.2, 0) is 9.59 Å². The number of anilines is 1. The Bertz CT molecular complexity index is 822. The van der Waals surface area contributed by atoms with Gasteiger partial charge in [0.05, 0.1) is 19.8 Å². The number of nitrogens with one attached hydrogen (secondary N) is 1. The van der Waals surface area contributed by atoms with E-state index in [0.29, 0.717) is 24.7 Å². The fourth-order valence-corrected chi connectivity index (χ4v) is 3.05. The highest BCUT2D eigenvalue weighted by atomic mass is 16.5. The van der Waals surface area contributed by atoms with Crippen molar-refractivity contribution in [2.24, 2.45) is 0 Å². The van der Waals surface area contributed by atoms with Crippen molar-refractivity contribution in [3.05, 3.63) is 48.5 Å². The number of carbonyl (C=O) groups excluding carboxylic acids is 2. The third-order valence-electron chi connectivity index (χ3n) is 4.36. The molecule has 7 heteroatoms. The highest BCUT2D eigenvalue weighted by Gasteiger charge is 2.31. The van der Waals surface area contributed by atoms with Crippen molar-refractivity contribution in [1.29, 1.82) is 0 Å². The zero-order valence-corrected chi connectivity index (χ0v) is 16.0. The van der Waals surface area contributed by atoms with Crippen LogP contribution in [-0.4, -0.2) is 44.7 Å². The molecule has 1 aliphatic rings. The van der Waals surface area contributed by atoms with E-state index in [2.05, 4.69) is 5.32 Å². The molecule has 1 heterocycles. The van der Waals surface area contributed by atoms with Gasteiger partial charge < -0.3 is 24.4 Å². The Morgan fingerprint density at radius 3 is 2.57 bits per heavy atom. The molecule has 0 aliphatic carbocycles. The van der Waals surface area contributed by atoms with Crippen LogP contribution in [0.25, 0.3) is 0 Å². The van der Waals surface area contributed by atoms with Crippen LogP contribution in [0, 0.1) is 0 Å².